The number of hydrogen-bond acceptors (Lipinski definition) is 3. The second kappa shape index (κ2) is 7.26. The zero-order valence-electron chi connectivity index (χ0n) is 12.8. The first kappa shape index (κ1) is 16.3. The zero-order valence-corrected chi connectivity index (χ0v) is 12.8. The van der Waals surface area contributed by atoms with E-state index in [1.54, 1.807) is 12.1 Å². The van der Waals surface area contributed by atoms with Crippen LogP contribution in [0.5, 0.6) is 0 Å². The number of nitrogens with two attached hydrogens (primary N) is 2. The summed E-state index contributed by atoms with van der Waals surface area (Å²) < 4.78 is 0. The molecule has 0 bridgehead atoms. The Morgan fingerprint density at radius 2 is 1.95 bits per heavy atom. The molecule has 1 aliphatic carbocycles. The third-order valence-electron chi connectivity index (χ3n) is 4.34. The van der Waals surface area contributed by atoms with Gasteiger partial charge in [-0.05, 0) is 49.9 Å². The van der Waals surface area contributed by atoms with Gasteiger partial charge in [-0.25, -0.2) is 4.79 Å². The molecule has 6 heteroatoms. The summed E-state index contributed by atoms with van der Waals surface area (Å²) in [5.74, 6) is 0.414. The van der Waals surface area contributed by atoms with Crippen LogP contribution >= 0.6 is 0 Å². The third-order valence-corrected chi connectivity index (χ3v) is 4.34. The summed E-state index contributed by atoms with van der Waals surface area (Å²) in [6.07, 6.45) is 3.03. The van der Waals surface area contributed by atoms with Gasteiger partial charge in [0.15, 0.2) is 0 Å². The molecule has 0 heterocycles. The summed E-state index contributed by atoms with van der Waals surface area (Å²) in [6.45, 7) is 2.51. The van der Waals surface area contributed by atoms with Gasteiger partial charge in [0.25, 0.3) is 0 Å². The number of urea groups is 1. The summed E-state index contributed by atoms with van der Waals surface area (Å²) in [5, 5.41) is 5.56. The molecule has 120 valence electrons. The highest BCUT2D eigenvalue weighted by Gasteiger charge is 2.32. The van der Waals surface area contributed by atoms with Gasteiger partial charge in [0, 0.05) is 11.6 Å². The van der Waals surface area contributed by atoms with Crippen LogP contribution in [0.2, 0.25) is 0 Å². The van der Waals surface area contributed by atoms with Gasteiger partial charge in [0.05, 0.1) is 6.04 Å². The summed E-state index contributed by atoms with van der Waals surface area (Å²) in [5.41, 5.74) is 12.4. The second-order valence-corrected chi connectivity index (χ2v) is 5.87. The molecule has 22 heavy (non-hydrogen) atoms. The van der Waals surface area contributed by atoms with Crippen molar-refractivity contribution in [2.24, 2.45) is 23.3 Å². The van der Waals surface area contributed by atoms with Crippen LogP contribution in [0.1, 0.15) is 37.8 Å². The van der Waals surface area contributed by atoms with E-state index in [-0.39, 0.29) is 17.9 Å². The average molecular weight is 304 g/mol. The van der Waals surface area contributed by atoms with Crippen LogP contribution in [0.15, 0.2) is 24.3 Å². The Kier molecular flexibility index (Phi) is 5.38. The second-order valence-electron chi connectivity index (χ2n) is 5.87. The van der Waals surface area contributed by atoms with Gasteiger partial charge >= 0.3 is 6.03 Å². The van der Waals surface area contributed by atoms with E-state index in [1.165, 1.54) is 0 Å². The number of amides is 3. The van der Waals surface area contributed by atoms with Crippen molar-refractivity contribution >= 4 is 17.6 Å². The van der Waals surface area contributed by atoms with Crippen LogP contribution in [0.25, 0.3) is 0 Å². The predicted molar refractivity (Wildman–Crippen MR) is 86.1 cm³/mol. The molecule has 1 aliphatic rings. The van der Waals surface area contributed by atoms with E-state index in [4.69, 9.17) is 11.5 Å². The predicted octanol–water partition coefficient (Wildman–Crippen LogP) is 1.73. The van der Waals surface area contributed by atoms with Crippen molar-refractivity contribution in [3.63, 3.8) is 0 Å². The van der Waals surface area contributed by atoms with Gasteiger partial charge in [-0.3, -0.25) is 4.79 Å². The topological polar surface area (TPSA) is 110 Å². The van der Waals surface area contributed by atoms with Gasteiger partial charge in [-0.15, -0.1) is 0 Å². The Bertz CT molecular complexity index is 529. The number of carbonyl (C=O) groups is 2. The normalized spacial score (nSPS) is 22.1. The van der Waals surface area contributed by atoms with Crippen LogP contribution in [0, 0.1) is 11.8 Å². The lowest BCUT2D eigenvalue weighted by atomic mass is 9.94. The van der Waals surface area contributed by atoms with Crippen LogP contribution in [0.4, 0.5) is 10.5 Å². The maximum Gasteiger partial charge on any atom is 0.316 e. The molecule has 0 aromatic heterocycles. The number of carbonyl (C=O) groups excluding carboxylic acids is 2. The van der Waals surface area contributed by atoms with E-state index < -0.39 is 6.03 Å². The van der Waals surface area contributed by atoms with Crippen molar-refractivity contribution in [2.45, 2.75) is 32.2 Å². The van der Waals surface area contributed by atoms with E-state index in [1.807, 2.05) is 19.1 Å². The van der Waals surface area contributed by atoms with Crippen molar-refractivity contribution in [3.05, 3.63) is 29.8 Å². The maximum absolute atomic E-state index is 12.4. The van der Waals surface area contributed by atoms with Gasteiger partial charge in [0.1, 0.15) is 0 Å². The number of benzene rings is 1. The monoisotopic (exact) mass is 304 g/mol. The molecule has 0 spiro atoms. The van der Waals surface area contributed by atoms with Gasteiger partial charge in [0.2, 0.25) is 5.91 Å². The highest BCUT2D eigenvalue weighted by Crippen LogP contribution is 2.31. The Labute approximate surface area is 130 Å². The first-order valence-corrected chi connectivity index (χ1v) is 7.68. The molecule has 3 atom stereocenters. The largest absolute Gasteiger partial charge is 0.351 e. The molecular formula is C16H24N4O2. The fourth-order valence-corrected chi connectivity index (χ4v) is 3.07. The summed E-state index contributed by atoms with van der Waals surface area (Å²) >= 11 is 0. The van der Waals surface area contributed by atoms with E-state index in [9.17, 15) is 9.59 Å². The number of anilines is 1. The standard InChI is InChI=1S/C16H24N4O2/c1-10(11-5-7-13(8-6-11)20-16(18)22)19-15(21)14-4-2-3-12(14)9-17/h5-8,10,12,14H,2-4,9,17H2,1H3,(H,19,21)(H3,18,20,22)/t10?,12-,14-/m1/s1. The molecule has 6 N–H and O–H groups in total. The molecule has 1 aromatic carbocycles. The molecule has 1 saturated carbocycles. The summed E-state index contributed by atoms with van der Waals surface area (Å²) in [7, 11) is 0. The molecule has 0 saturated heterocycles. The smallest absolute Gasteiger partial charge is 0.316 e. The highest BCUT2D eigenvalue weighted by atomic mass is 16.2. The number of primary amides is 1. The van der Waals surface area contributed by atoms with Gasteiger partial charge < -0.3 is 22.1 Å². The van der Waals surface area contributed by atoms with E-state index >= 15 is 0 Å². The van der Waals surface area contributed by atoms with E-state index in [0.29, 0.717) is 18.2 Å². The first-order valence-electron chi connectivity index (χ1n) is 7.68. The molecule has 0 aliphatic heterocycles. The van der Waals surface area contributed by atoms with Gasteiger partial charge in [-0.2, -0.15) is 0 Å². The Morgan fingerprint density at radius 1 is 1.27 bits per heavy atom. The molecule has 3 amide bonds. The lowest BCUT2D eigenvalue weighted by molar-refractivity contribution is -0.126. The summed E-state index contributed by atoms with van der Waals surface area (Å²) in [6, 6.07) is 6.58. The minimum absolute atomic E-state index is 0.0308. The summed E-state index contributed by atoms with van der Waals surface area (Å²) in [4.78, 5) is 23.2. The highest BCUT2D eigenvalue weighted by molar-refractivity contribution is 5.87. The average Bonchev–Trinajstić information content (AvgIpc) is 2.95. The molecule has 0 radical (unpaired) electrons. The maximum atomic E-state index is 12.4. The van der Waals surface area contributed by atoms with Crippen LogP contribution < -0.4 is 22.1 Å². The Hall–Kier alpha value is -2.08. The fourth-order valence-electron chi connectivity index (χ4n) is 3.07. The SMILES string of the molecule is CC(NC(=O)[C@@H]1CCC[C@@H]1CN)c1ccc(NC(N)=O)cc1. The molecule has 1 aromatic rings. The molecule has 1 fully saturated rings. The first-order chi connectivity index (χ1) is 10.5. The van der Waals surface area contributed by atoms with Crippen LogP contribution in [0.3, 0.4) is 0 Å². The zero-order chi connectivity index (χ0) is 16.1. The lowest BCUT2D eigenvalue weighted by Crippen LogP contribution is -2.36. The van der Waals surface area contributed by atoms with Crippen molar-refractivity contribution in [2.75, 3.05) is 11.9 Å². The van der Waals surface area contributed by atoms with E-state index in [0.717, 1.165) is 24.8 Å². The number of nitrogens with one attached hydrogen (secondary N) is 2. The Morgan fingerprint density at radius 3 is 2.55 bits per heavy atom. The quantitative estimate of drug-likeness (QED) is 0.664. The lowest BCUT2D eigenvalue weighted by Gasteiger charge is -2.21. The third kappa shape index (κ3) is 3.98. The molecule has 6 nitrogen and oxygen atoms in total. The molecule has 2 rings (SSSR count). The molecule has 1 unspecified atom stereocenters. The van der Waals surface area contributed by atoms with Crippen molar-refractivity contribution in [3.8, 4) is 0 Å². The van der Waals surface area contributed by atoms with Gasteiger partial charge in [-0.1, -0.05) is 18.6 Å². The minimum atomic E-state index is -0.594. The van der Waals surface area contributed by atoms with Crippen LogP contribution in [-0.4, -0.2) is 18.5 Å². The number of rotatable bonds is 5. The number of hydrogen-bond donors (Lipinski definition) is 4. The van der Waals surface area contributed by atoms with Crippen molar-refractivity contribution in [1.82, 2.24) is 5.32 Å². The molecular weight excluding hydrogens is 280 g/mol. The minimum Gasteiger partial charge on any atom is -0.351 e. The van der Waals surface area contributed by atoms with Crippen LogP contribution in [-0.2, 0) is 4.79 Å². The Balaban J connectivity index is 1.95. The van der Waals surface area contributed by atoms with E-state index in [2.05, 4.69) is 10.6 Å². The van der Waals surface area contributed by atoms with Crippen molar-refractivity contribution < 1.29 is 9.59 Å². The van der Waals surface area contributed by atoms with Crippen molar-refractivity contribution in [1.29, 1.82) is 0 Å². The fraction of sp³-hybridized carbons (Fsp3) is 0.500.